The summed E-state index contributed by atoms with van der Waals surface area (Å²) in [6.07, 6.45) is 4.85. The van der Waals surface area contributed by atoms with Crippen LogP contribution in [0.5, 0.6) is 0 Å². The van der Waals surface area contributed by atoms with E-state index in [1.165, 1.54) is 12.1 Å². The average molecular weight is 627 g/mol. The van der Waals surface area contributed by atoms with Crippen molar-refractivity contribution in [1.29, 1.82) is 0 Å². The van der Waals surface area contributed by atoms with Gasteiger partial charge in [0.05, 0.1) is 26.5 Å². The van der Waals surface area contributed by atoms with Crippen LogP contribution in [0.2, 0.25) is 0 Å². The van der Waals surface area contributed by atoms with Crippen LogP contribution in [0.25, 0.3) is 0 Å². The van der Waals surface area contributed by atoms with Crippen molar-refractivity contribution in [3.05, 3.63) is 103 Å². The zero-order valence-electron chi connectivity index (χ0n) is 27.8. The van der Waals surface area contributed by atoms with E-state index in [9.17, 15) is 30.1 Å². The molecule has 242 valence electrons. The van der Waals surface area contributed by atoms with Crippen molar-refractivity contribution in [2.75, 3.05) is 18.0 Å². The molecular formula is C36H42N4O6. The average Bonchev–Trinajstić information content (AvgIpc) is 3.33. The molecule has 0 unspecified atom stereocenters. The predicted molar refractivity (Wildman–Crippen MR) is 176 cm³/mol. The van der Waals surface area contributed by atoms with E-state index < -0.39 is 22.4 Å². The number of carbonyl (C=O) groups is 1. The number of allylic oxidation sites excluding steroid dienone is 5. The molecule has 0 radical (unpaired) electrons. The van der Waals surface area contributed by atoms with E-state index in [4.69, 9.17) is 0 Å². The fourth-order valence-electron chi connectivity index (χ4n) is 7.02. The molecule has 5 rings (SSSR count). The van der Waals surface area contributed by atoms with Crippen LogP contribution in [-0.4, -0.2) is 39.0 Å². The lowest BCUT2D eigenvalue weighted by atomic mass is 9.77. The Morgan fingerprint density at radius 2 is 1.43 bits per heavy atom. The Morgan fingerprint density at radius 3 is 2.00 bits per heavy atom. The quantitative estimate of drug-likeness (QED) is 0.123. The van der Waals surface area contributed by atoms with Gasteiger partial charge in [0.1, 0.15) is 12.1 Å². The van der Waals surface area contributed by atoms with E-state index in [0.29, 0.717) is 58.8 Å². The third kappa shape index (κ3) is 5.23. The van der Waals surface area contributed by atoms with Crippen LogP contribution < -0.4 is 10.0 Å². The molecule has 2 aromatic carbocycles. The Bertz CT molecular complexity index is 1790. The number of Topliss-reactive ketones (excluding diaryl/α,β-unsaturated/α-hetero) is 1. The second kappa shape index (κ2) is 11.6. The van der Waals surface area contributed by atoms with Gasteiger partial charge in [-0.25, -0.2) is 0 Å². The third-order valence-electron chi connectivity index (χ3n) is 9.53. The molecule has 0 atom stereocenters. The molecule has 0 N–H and O–H groups in total. The molecule has 0 spiro atoms. The van der Waals surface area contributed by atoms with Crippen LogP contribution in [0.4, 0.5) is 22.7 Å². The lowest BCUT2D eigenvalue weighted by Gasteiger charge is -2.33. The second-order valence-corrected chi connectivity index (χ2v) is 14.3. The minimum atomic E-state index is -0.834. The molecule has 10 nitrogen and oxygen atoms in total. The first kappa shape index (κ1) is 32.8. The minimum absolute atomic E-state index is 0.00677. The SMILES string of the molecule is CC(C)CCN1/C(=C\C2=C([O-])C(=C\C3=[N+](CCC(C)C)c4cccc([N+](=O)[O-])c4C3(C)C)/C2=O)C(C)(C)c2c1cccc2[N+](=O)[O-]. The summed E-state index contributed by atoms with van der Waals surface area (Å²) >= 11 is 0. The lowest BCUT2D eigenvalue weighted by molar-refractivity contribution is -0.440. The Balaban J connectivity index is 1.63. The Hall–Kier alpha value is -4.60. The van der Waals surface area contributed by atoms with Crippen LogP contribution in [0.15, 0.2) is 71.2 Å². The van der Waals surface area contributed by atoms with Gasteiger partial charge in [-0.05, 0) is 64.2 Å². The summed E-state index contributed by atoms with van der Waals surface area (Å²) in [5.74, 6) is -0.0708. The number of nitro groups is 2. The molecule has 2 aromatic rings. The van der Waals surface area contributed by atoms with Gasteiger partial charge in [-0.3, -0.25) is 25.0 Å². The van der Waals surface area contributed by atoms with Gasteiger partial charge in [0, 0.05) is 59.5 Å². The van der Waals surface area contributed by atoms with Crippen LogP contribution >= 0.6 is 0 Å². The second-order valence-electron chi connectivity index (χ2n) is 14.3. The van der Waals surface area contributed by atoms with Crippen LogP contribution in [0, 0.1) is 32.1 Å². The van der Waals surface area contributed by atoms with E-state index in [2.05, 4.69) is 27.7 Å². The normalized spacial score (nSPS) is 19.9. The van der Waals surface area contributed by atoms with Gasteiger partial charge in [-0.15, -0.1) is 0 Å². The molecule has 10 heteroatoms. The number of hydrogen-bond donors (Lipinski definition) is 0. The summed E-state index contributed by atoms with van der Waals surface area (Å²) in [7, 11) is 0. The van der Waals surface area contributed by atoms with Gasteiger partial charge in [0.2, 0.25) is 5.69 Å². The Kier molecular flexibility index (Phi) is 8.30. The lowest BCUT2D eigenvalue weighted by Crippen LogP contribution is -2.35. The van der Waals surface area contributed by atoms with Crippen LogP contribution in [0.3, 0.4) is 0 Å². The van der Waals surface area contributed by atoms with Gasteiger partial charge in [0.25, 0.3) is 11.4 Å². The molecule has 2 heterocycles. The molecule has 2 aliphatic heterocycles. The summed E-state index contributed by atoms with van der Waals surface area (Å²) in [5, 5.41) is 37.8. The first-order chi connectivity index (χ1) is 21.5. The van der Waals surface area contributed by atoms with Crippen molar-refractivity contribution in [3.63, 3.8) is 0 Å². The van der Waals surface area contributed by atoms with Gasteiger partial charge in [-0.2, -0.15) is 4.58 Å². The highest BCUT2D eigenvalue weighted by molar-refractivity contribution is 6.24. The van der Waals surface area contributed by atoms with Gasteiger partial charge in [0.15, 0.2) is 11.5 Å². The van der Waals surface area contributed by atoms with Crippen molar-refractivity contribution < 1.29 is 24.3 Å². The van der Waals surface area contributed by atoms with Crippen molar-refractivity contribution >= 4 is 34.2 Å². The molecule has 0 saturated heterocycles. The molecule has 1 aliphatic carbocycles. The summed E-state index contributed by atoms with van der Waals surface area (Å²) < 4.78 is 2.01. The fourth-order valence-corrected chi connectivity index (χ4v) is 7.02. The maximum atomic E-state index is 13.8. The van der Waals surface area contributed by atoms with Gasteiger partial charge in [-0.1, -0.05) is 39.5 Å². The molecule has 3 aliphatic rings. The summed E-state index contributed by atoms with van der Waals surface area (Å²) in [6.45, 7) is 17.1. The highest BCUT2D eigenvalue weighted by Gasteiger charge is 2.50. The van der Waals surface area contributed by atoms with Crippen LogP contribution in [-0.2, 0) is 15.6 Å². The molecule has 0 fully saturated rings. The van der Waals surface area contributed by atoms with E-state index in [1.807, 2.05) is 49.3 Å². The third-order valence-corrected chi connectivity index (χ3v) is 9.53. The van der Waals surface area contributed by atoms with E-state index >= 15 is 0 Å². The number of hydrogen-bond acceptors (Lipinski definition) is 7. The number of fused-ring (bicyclic) bond motifs is 2. The number of anilines is 1. The first-order valence-corrected chi connectivity index (χ1v) is 15.9. The van der Waals surface area contributed by atoms with Crippen LogP contribution in [0.1, 0.15) is 79.4 Å². The van der Waals surface area contributed by atoms with Gasteiger partial charge < -0.3 is 10.0 Å². The summed E-state index contributed by atoms with van der Waals surface area (Å²) in [4.78, 5) is 39.1. The highest BCUT2D eigenvalue weighted by Crippen LogP contribution is 2.53. The smallest absolute Gasteiger partial charge is 0.280 e. The number of benzene rings is 2. The molecule has 46 heavy (non-hydrogen) atoms. The Morgan fingerprint density at radius 1 is 0.848 bits per heavy atom. The standard InChI is InChI=1S/C36H42N4O6/c1-21(2)15-17-37-25-11-9-13-27(39(43)44)31(25)35(5,6)29(37)19-23-33(41)24(34(23)42)20-30-36(7,8)32-26(38(30)18-16-22(3)4)12-10-14-28(32)40(45)46/h9-14,19-22H,15-18H2,1-8H3. The minimum Gasteiger partial charge on any atom is -0.871 e. The Labute approximate surface area is 269 Å². The van der Waals surface area contributed by atoms with Gasteiger partial charge >= 0.3 is 0 Å². The number of ketones is 1. The largest absolute Gasteiger partial charge is 0.871 e. The summed E-state index contributed by atoms with van der Waals surface area (Å²) in [6, 6.07) is 10.0. The maximum Gasteiger partial charge on any atom is 0.280 e. The van der Waals surface area contributed by atoms with Crippen molar-refractivity contribution in [2.24, 2.45) is 11.8 Å². The number of rotatable bonds is 10. The monoisotopic (exact) mass is 626 g/mol. The topological polar surface area (TPSA) is 133 Å². The predicted octanol–water partition coefficient (Wildman–Crippen LogP) is 6.78. The van der Waals surface area contributed by atoms with Crippen molar-refractivity contribution in [1.82, 2.24) is 0 Å². The molecule has 0 aromatic heterocycles. The first-order valence-electron chi connectivity index (χ1n) is 15.9. The van der Waals surface area contributed by atoms with Crippen molar-refractivity contribution in [3.8, 4) is 0 Å². The van der Waals surface area contributed by atoms with E-state index in [-0.39, 0.29) is 32.4 Å². The molecule has 0 amide bonds. The zero-order valence-corrected chi connectivity index (χ0v) is 27.8. The summed E-state index contributed by atoms with van der Waals surface area (Å²) in [5.41, 5.74) is 2.31. The number of nitrogens with zero attached hydrogens (tertiary/aromatic N) is 4. The number of nitro benzene ring substituents is 2. The fraction of sp³-hybridized carbons (Fsp3) is 0.444. The molecular weight excluding hydrogens is 584 g/mol. The van der Waals surface area contributed by atoms with Crippen molar-refractivity contribution in [2.45, 2.75) is 79.1 Å². The number of carbonyl (C=O) groups excluding carboxylic acids is 1. The molecule has 0 bridgehead atoms. The highest BCUT2D eigenvalue weighted by atomic mass is 16.6. The van der Waals surface area contributed by atoms with E-state index in [0.717, 1.165) is 12.8 Å². The maximum absolute atomic E-state index is 13.8. The van der Waals surface area contributed by atoms with E-state index in [1.54, 1.807) is 24.3 Å². The molecule has 0 saturated carbocycles. The zero-order chi connectivity index (χ0) is 33.9.